The van der Waals surface area contributed by atoms with Crippen LogP contribution in [0.4, 0.5) is 5.69 Å². The minimum absolute atomic E-state index is 0. The minimum atomic E-state index is -4.96. The fourth-order valence-electron chi connectivity index (χ4n) is 3.12. The summed E-state index contributed by atoms with van der Waals surface area (Å²) >= 11 is 0. The number of carbonyl (C=O) groups is 4. The molecule has 275 valence electrons. The Morgan fingerprint density at radius 2 is 1.00 bits per heavy atom. The molecule has 3 aromatic carbocycles. The van der Waals surface area contributed by atoms with Crippen molar-refractivity contribution >= 4 is 100 Å². The second-order valence-corrected chi connectivity index (χ2v) is 13.4. The summed E-state index contributed by atoms with van der Waals surface area (Å²) in [6.45, 7) is 0. The maximum Gasteiger partial charge on any atom is 1.00 e. The summed E-state index contributed by atoms with van der Waals surface area (Å²) in [5, 5.41) is 34.7. The van der Waals surface area contributed by atoms with Gasteiger partial charge in [0, 0.05) is 17.4 Å². The molecule has 0 atom stereocenters. The molecule has 3 aromatic rings. The quantitative estimate of drug-likeness (QED) is 0.0611. The maximum absolute atomic E-state index is 10.8. The summed E-state index contributed by atoms with van der Waals surface area (Å²) in [5.41, 5.74) is 1.89. The number of rotatable bonds is 9. The van der Waals surface area contributed by atoms with Crippen molar-refractivity contribution in [2.45, 2.75) is 14.7 Å². The monoisotopic (exact) mass is 848 g/mol. The Hall–Kier alpha value is -3.40. The van der Waals surface area contributed by atoms with Gasteiger partial charge in [-0.1, -0.05) is 12.1 Å². The Labute approximate surface area is 327 Å². The van der Waals surface area contributed by atoms with Crippen molar-refractivity contribution in [2.24, 2.45) is 0 Å². The molecular weight excluding hydrogens is 828 g/mol. The predicted octanol–water partition coefficient (Wildman–Crippen LogP) is -2.49. The van der Waals surface area contributed by atoms with Gasteiger partial charge in [-0.2, -0.15) is 33.7 Å². The molecule has 0 aliphatic heterocycles. The molecule has 22 nitrogen and oxygen atoms in total. The molecule has 51 heavy (non-hydrogen) atoms. The molecule has 0 spiro atoms. The van der Waals surface area contributed by atoms with Gasteiger partial charge in [0.25, 0.3) is 30.4 Å². The van der Waals surface area contributed by atoms with Crippen molar-refractivity contribution in [1.82, 2.24) is 0 Å². The van der Waals surface area contributed by atoms with Crippen LogP contribution in [0.15, 0.2) is 69.3 Å². The average molecular weight is 849 g/mol. The van der Waals surface area contributed by atoms with Gasteiger partial charge in [-0.25, -0.2) is 19.2 Å². The fraction of sp³-hybridized carbons (Fsp3) is 0. The van der Waals surface area contributed by atoms with E-state index in [4.69, 9.17) is 44.4 Å². The van der Waals surface area contributed by atoms with Crippen molar-refractivity contribution in [2.75, 3.05) is 5.73 Å². The number of halogens is 1. The topological polar surface area (TPSA) is 402 Å². The summed E-state index contributed by atoms with van der Waals surface area (Å²) in [6, 6.07) is 7.98. The molecule has 0 saturated carbocycles. The SMILES string of the molecule is Cl.Nc1c(C(=O)O)cccc1S(=O)(=O)O.O=C(O)c1cc(S(=O)(=O)O)ccc1OS(=O)(=O)O.O=C(O)c1cccc(S(=O)(=O)O)c1C(=O)O.[Al].[H-].[Na+]. The van der Waals surface area contributed by atoms with Crippen LogP contribution >= 0.6 is 12.4 Å². The zero-order valence-corrected chi connectivity index (χ0v) is 32.0. The first-order valence-electron chi connectivity index (χ1n) is 11.3. The van der Waals surface area contributed by atoms with Gasteiger partial charge in [-0.15, -0.1) is 12.4 Å². The van der Waals surface area contributed by atoms with E-state index in [0.29, 0.717) is 18.2 Å². The number of nitrogens with two attached hydrogens (primary N) is 1. The molecule has 0 bridgehead atoms. The van der Waals surface area contributed by atoms with E-state index in [-0.39, 0.29) is 66.3 Å². The number of anilines is 1. The molecule has 10 N–H and O–H groups in total. The minimum Gasteiger partial charge on any atom is -1.00 e. The first-order valence-corrected chi connectivity index (χ1v) is 17.0. The largest absolute Gasteiger partial charge is 1.00 e. The van der Waals surface area contributed by atoms with Gasteiger partial charge in [-0.05, 0) is 42.5 Å². The second-order valence-electron chi connectivity index (χ2n) is 8.21. The van der Waals surface area contributed by atoms with E-state index < -0.39 is 107 Å². The third-order valence-electron chi connectivity index (χ3n) is 5.00. The molecule has 0 unspecified atom stereocenters. The molecule has 29 heteroatoms. The number of hydrogen-bond acceptors (Lipinski definition) is 14. The summed E-state index contributed by atoms with van der Waals surface area (Å²) in [5.74, 6) is -7.20. The van der Waals surface area contributed by atoms with Crippen molar-refractivity contribution in [3.8, 4) is 5.75 Å². The number of carboxylic acid groups (broad SMARTS) is 4. The van der Waals surface area contributed by atoms with Crippen LogP contribution < -0.4 is 39.5 Å². The summed E-state index contributed by atoms with van der Waals surface area (Å²) < 4.78 is 124. The summed E-state index contributed by atoms with van der Waals surface area (Å²) in [6.07, 6.45) is 0. The standard InChI is InChI=1S/C8H6O7S.C7H7NO5S.C7H6O9S2.Al.ClH.Na.H/c9-7(10)4-2-1-3-5(16(13,14)15)6(4)8(11)12;8-6-4(7(9)10)2-1-3-5(6)14(11,12)13;8-7(9)5-3-4(17(10,11)12)1-2-6(5)16-18(13,14)15;;;;/h1-3H,(H,9,10)(H,11,12)(H,13,14,15);1-3H,8H2,(H,9,10)(H,11,12,13);1-3H,(H,8,9)(H,10,11,12)(H,13,14,15);;1H;;/q;;;;;+1;-1. The van der Waals surface area contributed by atoms with Crippen LogP contribution in [-0.2, 0) is 40.8 Å². The number of aromatic carboxylic acids is 4. The number of para-hydroxylation sites is 1. The molecule has 0 heterocycles. The molecule has 0 aliphatic carbocycles. The molecule has 0 saturated heterocycles. The normalized spacial score (nSPS) is 10.8. The number of benzene rings is 3. The van der Waals surface area contributed by atoms with Crippen molar-refractivity contribution in [1.29, 1.82) is 0 Å². The smallest absolute Gasteiger partial charge is 1.00 e. The average Bonchev–Trinajstić information content (AvgIpc) is 2.90. The predicted molar refractivity (Wildman–Crippen MR) is 167 cm³/mol. The first-order chi connectivity index (χ1) is 21.6. The van der Waals surface area contributed by atoms with E-state index in [9.17, 15) is 52.8 Å². The molecule has 3 rings (SSSR count). The van der Waals surface area contributed by atoms with Crippen molar-refractivity contribution < 1.29 is 127 Å². The molecule has 0 aliphatic rings. The van der Waals surface area contributed by atoms with Gasteiger partial charge >= 0.3 is 63.8 Å². The van der Waals surface area contributed by atoms with Crippen LogP contribution in [-0.4, -0.2) is 114 Å². The molecule has 0 amide bonds. The van der Waals surface area contributed by atoms with E-state index in [1.807, 2.05) is 0 Å². The van der Waals surface area contributed by atoms with Gasteiger partial charge in [0.2, 0.25) is 0 Å². The Bertz CT molecular complexity index is 2250. The van der Waals surface area contributed by atoms with Crippen LogP contribution in [0, 0.1) is 0 Å². The van der Waals surface area contributed by atoms with Crippen LogP contribution in [0.3, 0.4) is 0 Å². The first kappa shape index (κ1) is 52.0. The van der Waals surface area contributed by atoms with Gasteiger partial charge in [-0.3, -0.25) is 18.2 Å². The van der Waals surface area contributed by atoms with Crippen LogP contribution in [0.25, 0.3) is 0 Å². The van der Waals surface area contributed by atoms with Gasteiger partial charge in [0.05, 0.1) is 27.3 Å². The third-order valence-corrected chi connectivity index (χ3v) is 8.04. The molecular formula is C22H21AlClNNaO21S4. The zero-order valence-electron chi connectivity index (χ0n) is 25.8. The van der Waals surface area contributed by atoms with E-state index in [1.54, 1.807) is 0 Å². The molecule has 0 aromatic heterocycles. The third kappa shape index (κ3) is 15.8. The van der Waals surface area contributed by atoms with Crippen molar-refractivity contribution in [3.63, 3.8) is 0 Å². The van der Waals surface area contributed by atoms with Gasteiger partial charge < -0.3 is 31.8 Å². The van der Waals surface area contributed by atoms with E-state index in [1.165, 1.54) is 6.07 Å². The number of nitrogen functional groups attached to an aromatic ring is 1. The number of carboxylic acids is 4. The number of hydrogen-bond donors (Lipinski definition) is 9. The van der Waals surface area contributed by atoms with Crippen LogP contribution in [0.2, 0.25) is 0 Å². The Kier molecular flexibility index (Phi) is 20.4. The van der Waals surface area contributed by atoms with E-state index in [2.05, 4.69) is 4.18 Å². The second kappa shape index (κ2) is 20.0. The molecule has 0 fully saturated rings. The Morgan fingerprint density at radius 1 is 0.588 bits per heavy atom. The zero-order chi connectivity index (χ0) is 37.6. The van der Waals surface area contributed by atoms with E-state index >= 15 is 0 Å². The van der Waals surface area contributed by atoms with Crippen LogP contribution in [0.1, 0.15) is 42.9 Å². The van der Waals surface area contributed by atoms with Crippen LogP contribution in [0.5, 0.6) is 5.75 Å². The summed E-state index contributed by atoms with van der Waals surface area (Å²) in [7, 11) is -18.9. The summed E-state index contributed by atoms with van der Waals surface area (Å²) in [4.78, 5) is 40.4. The Balaban J connectivity index is -0.000000322. The van der Waals surface area contributed by atoms with Crippen molar-refractivity contribution in [3.05, 3.63) is 76.9 Å². The van der Waals surface area contributed by atoms with Gasteiger partial charge in [0.15, 0.2) is 5.75 Å². The fourth-order valence-corrected chi connectivity index (χ4v) is 5.35. The Morgan fingerprint density at radius 3 is 1.35 bits per heavy atom. The van der Waals surface area contributed by atoms with Gasteiger partial charge in [0.1, 0.15) is 15.4 Å². The maximum atomic E-state index is 10.8. The molecule has 3 radical (unpaired) electrons. The van der Waals surface area contributed by atoms with E-state index in [0.717, 1.165) is 30.3 Å².